The first-order valence-corrected chi connectivity index (χ1v) is 4.71. The normalized spacial score (nSPS) is 9.77. The number of carbonyl (C=O) groups excluding carboxylic acids is 1. The van der Waals surface area contributed by atoms with Gasteiger partial charge in [0.15, 0.2) is 5.69 Å². The summed E-state index contributed by atoms with van der Waals surface area (Å²) in [6, 6.07) is 1.20. The summed E-state index contributed by atoms with van der Waals surface area (Å²) in [6.07, 6.45) is 1.24. The van der Waals surface area contributed by atoms with Crippen molar-refractivity contribution in [2.24, 2.45) is 0 Å². The Morgan fingerprint density at radius 2 is 2.46 bits per heavy atom. The third kappa shape index (κ3) is 2.36. The second kappa shape index (κ2) is 4.50. The van der Waals surface area contributed by atoms with Gasteiger partial charge in [-0.25, -0.2) is 14.2 Å². The molecular formula is C8H7FINO2. The Hall–Kier alpha value is -0.720. The zero-order chi connectivity index (χ0) is 9.84. The van der Waals surface area contributed by atoms with E-state index in [0.29, 0.717) is 0 Å². The van der Waals surface area contributed by atoms with Crippen molar-refractivity contribution < 1.29 is 13.9 Å². The number of rotatable bonds is 2. The van der Waals surface area contributed by atoms with Gasteiger partial charge in [0.05, 0.1) is 10.2 Å². The van der Waals surface area contributed by atoms with Gasteiger partial charge in [0.25, 0.3) is 0 Å². The number of aromatic nitrogens is 1. The number of pyridine rings is 1. The summed E-state index contributed by atoms with van der Waals surface area (Å²) >= 11 is 1.72. The molecule has 0 aliphatic heterocycles. The number of hydrogen-bond donors (Lipinski definition) is 0. The van der Waals surface area contributed by atoms with Crippen LogP contribution in [0.5, 0.6) is 0 Å². The molecular weight excluding hydrogens is 288 g/mol. The molecule has 13 heavy (non-hydrogen) atoms. The van der Waals surface area contributed by atoms with E-state index in [2.05, 4.69) is 4.98 Å². The summed E-state index contributed by atoms with van der Waals surface area (Å²) in [6.45, 7) is 1.94. The van der Waals surface area contributed by atoms with E-state index in [9.17, 15) is 9.18 Å². The van der Waals surface area contributed by atoms with Gasteiger partial charge in [-0.05, 0) is 35.6 Å². The van der Waals surface area contributed by atoms with Gasteiger partial charge in [-0.3, -0.25) is 0 Å². The fourth-order valence-electron chi connectivity index (χ4n) is 0.762. The van der Waals surface area contributed by atoms with Gasteiger partial charge in [-0.2, -0.15) is 0 Å². The Bertz CT molecular complexity index is 330. The number of esters is 1. The van der Waals surface area contributed by atoms with E-state index in [4.69, 9.17) is 4.74 Å². The molecule has 0 atom stereocenters. The molecule has 0 aliphatic carbocycles. The van der Waals surface area contributed by atoms with Crippen molar-refractivity contribution in [3.8, 4) is 0 Å². The Morgan fingerprint density at radius 3 is 3.08 bits per heavy atom. The maximum absolute atomic E-state index is 12.9. The molecule has 1 aromatic rings. The van der Waals surface area contributed by atoms with Crippen molar-refractivity contribution >= 4 is 28.6 Å². The number of nitrogens with zero attached hydrogens (tertiary/aromatic N) is 1. The summed E-state index contributed by atoms with van der Waals surface area (Å²) in [5.74, 6) is -1.05. The second-order valence-corrected chi connectivity index (χ2v) is 3.25. The van der Waals surface area contributed by atoms with Gasteiger partial charge in [-0.15, -0.1) is 0 Å². The zero-order valence-corrected chi connectivity index (χ0v) is 9.04. The highest BCUT2D eigenvalue weighted by Gasteiger charge is 2.15. The number of carbonyl (C=O) groups is 1. The molecule has 0 amide bonds. The van der Waals surface area contributed by atoms with Gasteiger partial charge < -0.3 is 4.74 Å². The molecule has 0 saturated heterocycles. The van der Waals surface area contributed by atoms with Crippen molar-refractivity contribution in [2.75, 3.05) is 6.61 Å². The summed E-state index contributed by atoms with van der Waals surface area (Å²) in [5.41, 5.74) is 0.0300. The molecule has 0 aromatic carbocycles. The van der Waals surface area contributed by atoms with E-state index in [1.165, 1.54) is 12.3 Å². The Labute approximate surface area is 88.4 Å². The minimum Gasteiger partial charge on any atom is -0.461 e. The predicted octanol–water partition coefficient (Wildman–Crippen LogP) is 2.00. The molecule has 0 bridgehead atoms. The standard InChI is InChI=1S/C8H7FINO2/c1-2-13-8(12)7-6(10)5(9)3-4-11-7/h3-4H,2H2,1H3. The molecule has 1 rings (SSSR count). The van der Waals surface area contributed by atoms with Gasteiger partial charge in [-0.1, -0.05) is 0 Å². The average Bonchev–Trinajstić information content (AvgIpc) is 2.10. The van der Waals surface area contributed by atoms with Crippen LogP contribution in [0, 0.1) is 9.39 Å². The van der Waals surface area contributed by atoms with Crippen LogP contribution >= 0.6 is 22.6 Å². The van der Waals surface area contributed by atoms with E-state index in [0.717, 1.165) is 0 Å². The van der Waals surface area contributed by atoms with Crippen LogP contribution in [0.25, 0.3) is 0 Å². The van der Waals surface area contributed by atoms with Crippen molar-refractivity contribution in [2.45, 2.75) is 6.92 Å². The van der Waals surface area contributed by atoms with E-state index < -0.39 is 11.8 Å². The Kier molecular flexibility index (Phi) is 3.58. The molecule has 5 heteroatoms. The minimum atomic E-state index is -0.591. The number of halogens is 2. The Morgan fingerprint density at radius 1 is 1.77 bits per heavy atom. The fourth-order valence-corrected chi connectivity index (χ4v) is 1.30. The summed E-state index contributed by atoms with van der Waals surface area (Å²) < 4.78 is 17.8. The van der Waals surface area contributed by atoms with Gasteiger partial charge in [0.1, 0.15) is 5.82 Å². The maximum atomic E-state index is 12.9. The summed E-state index contributed by atoms with van der Waals surface area (Å²) in [5, 5.41) is 0. The molecule has 0 spiro atoms. The molecule has 70 valence electrons. The lowest BCUT2D eigenvalue weighted by atomic mass is 10.3. The topological polar surface area (TPSA) is 39.2 Å². The quantitative estimate of drug-likeness (QED) is 0.619. The molecule has 0 fully saturated rings. The first kappa shape index (κ1) is 10.4. The first-order chi connectivity index (χ1) is 6.16. The van der Waals surface area contributed by atoms with E-state index >= 15 is 0 Å². The van der Waals surface area contributed by atoms with Gasteiger partial charge in [0.2, 0.25) is 0 Å². The van der Waals surface area contributed by atoms with E-state index in [-0.39, 0.29) is 15.9 Å². The lowest BCUT2D eigenvalue weighted by molar-refractivity contribution is 0.0517. The van der Waals surface area contributed by atoms with Crippen LogP contribution in [-0.4, -0.2) is 17.6 Å². The number of ether oxygens (including phenoxy) is 1. The third-order valence-electron chi connectivity index (χ3n) is 1.31. The van der Waals surface area contributed by atoms with Crippen molar-refractivity contribution in [1.29, 1.82) is 0 Å². The zero-order valence-electron chi connectivity index (χ0n) is 6.88. The lowest BCUT2D eigenvalue weighted by Gasteiger charge is -2.02. The number of hydrogen-bond acceptors (Lipinski definition) is 3. The maximum Gasteiger partial charge on any atom is 0.358 e. The van der Waals surface area contributed by atoms with Crippen LogP contribution in [0.1, 0.15) is 17.4 Å². The van der Waals surface area contributed by atoms with E-state index in [1.807, 2.05) is 0 Å². The first-order valence-electron chi connectivity index (χ1n) is 3.64. The van der Waals surface area contributed by atoms with Crippen LogP contribution in [0.4, 0.5) is 4.39 Å². The fraction of sp³-hybridized carbons (Fsp3) is 0.250. The van der Waals surface area contributed by atoms with Gasteiger partial charge >= 0.3 is 5.97 Å². The molecule has 1 heterocycles. The molecule has 1 aromatic heterocycles. The lowest BCUT2D eigenvalue weighted by Crippen LogP contribution is -2.10. The summed E-state index contributed by atoms with van der Waals surface area (Å²) in [7, 11) is 0. The van der Waals surface area contributed by atoms with Crippen LogP contribution < -0.4 is 0 Å². The van der Waals surface area contributed by atoms with Crippen LogP contribution in [0.15, 0.2) is 12.3 Å². The second-order valence-electron chi connectivity index (χ2n) is 2.18. The largest absolute Gasteiger partial charge is 0.461 e. The SMILES string of the molecule is CCOC(=O)c1nccc(F)c1I. The minimum absolute atomic E-state index is 0.0300. The Balaban J connectivity index is 3.01. The predicted molar refractivity (Wildman–Crippen MR) is 52.9 cm³/mol. The van der Waals surface area contributed by atoms with Crippen molar-refractivity contribution in [3.05, 3.63) is 27.3 Å². The summed E-state index contributed by atoms with van der Waals surface area (Å²) in [4.78, 5) is 14.9. The van der Waals surface area contributed by atoms with Crippen LogP contribution in [-0.2, 0) is 4.74 Å². The van der Waals surface area contributed by atoms with Crippen molar-refractivity contribution in [3.63, 3.8) is 0 Å². The molecule has 0 N–H and O–H groups in total. The average molecular weight is 295 g/mol. The monoisotopic (exact) mass is 295 g/mol. The molecule has 0 unspecified atom stereocenters. The highest BCUT2D eigenvalue weighted by atomic mass is 127. The molecule has 3 nitrogen and oxygen atoms in total. The van der Waals surface area contributed by atoms with Gasteiger partial charge in [0, 0.05) is 6.20 Å². The molecule has 0 radical (unpaired) electrons. The molecule has 0 saturated carbocycles. The van der Waals surface area contributed by atoms with E-state index in [1.54, 1.807) is 29.5 Å². The highest BCUT2D eigenvalue weighted by Crippen LogP contribution is 2.14. The smallest absolute Gasteiger partial charge is 0.358 e. The van der Waals surface area contributed by atoms with Crippen LogP contribution in [0.3, 0.4) is 0 Å². The van der Waals surface area contributed by atoms with Crippen molar-refractivity contribution in [1.82, 2.24) is 4.98 Å². The molecule has 0 aliphatic rings. The third-order valence-corrected chi connectivity index (χ3v) is 2.34. The highest BCUT2D eigenvalue weighted by molar-refractivity contribution is 14.1. The van der Waals surface area contributed by atoms with Crippen LogP contribution in [0.2, 0.25) is 0 Å².